The normalized spacial score (nSPS) is 14.0. The zero-order chi connectivity index (χ0) is 21.9. The molecule has 0 N–H and O–H groups in total. The molecule has 1 amide bonds. The maximum atomic E-state index is 13.1. The predicted octanol–water partition coefficient (Wildman–Crippen LogP) is 4.54. The average molecular weight is 445 g/mol. The molecule has 1 aliphatic rings. The number of pyridine rings is 1. The van der Waals surface area contributed by atoms with Crippen molar-refractivity contribution in [2.75, 3.05) is 31.1 Å². The Bertz CT molecular complexity index is 1210. The first kappa shape index (κ1) is 20.5. The van der Waals surface area contributed by atoms with Crippen LogP contribution in [0.4, 0.5) is 5.13 Å². The summed E-state index contributed by atoms with van der Waals surface area (Å²) in [6.07, 6.45) is 1.79. The molecule has 0 bridgehead atoms. The van der Waals surface area contributed by atoms with E-state index in [1.807, 2.05) is 53.4 Å². The number of fused-ring (bicyclic) bond motifs is 1. The average Bonchev–Trinajstić information content (AvgIpc) is 3.27. The first-order valence-electron chi connectivity index (χ1n) is 10.7. The van der Waals surface area contributed by atoms with E-state index in [0.717, 1.165) is 34.1 Å². The fourth-order valence-corrected chi connectivity index (χ4v) is 4.82. The third kappa shape index (κ3) is 4.43. The molecule has 1 aliphatic heterocycles. The number of anilines is 1. The summed E-state index contributed by atoms with van der Waals surface area (Å²) in [6.45, 7) is 5.39. The van der Waals surface area contributed by atoms with Crippen LogP contribution in [0.3, 0.4) is 0 Å². The molecule has 5 rings (SSSR count). The van der Waals surface area contributed by atoms with Gasteiger partial charge >= 0.3 is 0 Å². The van der Waals surface area contributed by atoms with Crippen molar-refractivity contribution in [1.82, 2.24) is 14.9 Å². The zero-order valence-electron chi connectivity index (χ0n) is 17.9. The monoisotopic (exact) mass is 444 g/mol. The second-order valence-electron chi connectivity index (χ2n) is 7.91. The highest BCUT2D eigenvalue weighted by Gasteiger charge is 2.24. The molecule has 0 saturated carbocycles. The summed E-state index contributed by atoms with van der Waals surface area (Å²) in [5, 5.41) is 0.970. The minimum atomic E-state index is 0.0385. The van der Waals surface area contributed by atoms with Crippen LogP contribution < -0.4 is 9.64 Å². The van der Waals surface area contributed by atoms with Gasteiger partial charge in [-0.05, 0) is 42.8 Å². The Morgan fingerprint density at radius 3 is 2.69 bits per heavy atom. The predicted molar refractivity (Wildman–Crippen MR) is 127 cm³/mol. The van der Waals surface area contributed by atoms with E-state index in [2.05, 4.69) is 33.9 Å². The largest absolute Gasteiger partial charge is 0.489 e. The van der Waals surface area contributed by atoms with Crippen molar-refractivity contribution >= 4 is 32.7 Å². The van der Waals surface area contributed by atoms with Crippen molar-refractivity contribution in [2.24, 2.45) is 0 Å². The van der Waals surface area contributed by atoms with Gasteiger partial charge in [0.1, 0.15) is 22.7 Å². The van der Waals surface area contributed by atoms with Gasteiger partial charge in [0.25, 0.3) is 5.91 Å². The summed E-state index contributed by atoms with van der Waals surface area (Å²) in [5.74, 6) is 0.745. The molecule has 1 saturated heterocycles. The molecule has 7 heteroatoms. The van der Waals surface area contributed by atoms with Crippen LogP contribution in [0.25, 0.3) is 10.3 Å². The standard InChI is InChI=1S/C25H24N4O2S/c1-18-5-2-6-19(15-18)17-31-21-8-3-7-20(16-21)24(30)28-11-13-29(14-12-28)25-27-22-9-4-10-26-23(22)32-25/h2-10,15-16H,11-14,17H2,1H3. The SMILES string of the molecule is Cc1cccc(COc2cccc(C(=O)N3CCN(c4nc5cccnc5s4)CC3)c2)c1. The molecule has 6 nitrogen and oxygen atoms in total. The lowest BCUT2D eigenvalue weighted by Gasteiger charge is -2.34. The lowest BCUT2D eigenvalue weighted by molar-refractivity contribution is 0.0746. The lowest BCUT2D eigenvalue weighted by Crippen LogP contribution is -2.48. The highest BCUT2D eigenvalue weighted by Crippen LogP contribution is 2.28. The minimum Gasteiger partial charge on any atom is -0.489 e. The fraction of sp³-hybridized carbons (Fsp3) is 0.240. The quantitative estimate of drug-likeness (QED) is 0.452. The van der Waals surface area contributed by atoms with E-state index in [9.17, 15) is 4.79 Å². The molecule has 2 aromatic heterocycles. The fourth-order valence-electron chi connectivity index (χ4n) is 3.86. The summed E-state index contributed by atoms with van der Waals surface area (Å²) in [6, 6.07) is 19.6. The first-order valence-corrected chi connectivity index (χ1v) is 11.5. The van der Waals surface area contributed by atoms with Crippen molar-refractivity contribution in [2.45, 2.75) is 13.5 Å². The lowest BCUT2D eigenvalue weighted by atomic mass is 10.1. The number of hydrogen-bond acceptors (Lipinski definition) is 6. The number of aryl methyl sites for hydroxylation is 1. The van der Waals surface area contributed by atoms with Crippen molar-refractivity contribution in [1.29, 1.82) is 0 Å². The van der Waals surface area contributed by atoms with Crippen molar-refractivity contribution < 1.29 is 9.53 Å². The van der Waals surface area contributed by atoms with Crippen LogP contribution in [0.1, 0.15) is 21.5 Å². The zero-order valence-corrected chi connectivity index (χ0v) is 18.7. The maximum Gasteiger partial charge on any atom is 0.254 e. The number of benzene rings is 2. The Morgan fingerprint density at radius 1 is 1.03 bits per heavy atom. The molecule has 3 heterocycles. The molecule has 0 atom stereocenters. The van der Waals surface area contributed by atoms with Gasteiger partial charge in [0.2, 0.25) is 0 Å². The Morgan fingerprint density at radius 2 is 1.88 bits per heavy atom. The van der Waals surface area contributed by atoms with Gasteiger partial charge in [0.15, 0.2) is 5.13 Å². The number of rotatable bonds is 5. The third-order valence-corrected chi connectivity index (χ3v) is 6.60. The van der Waals surface area contributed by atoms with Crippen LogP contribution in [0.5, 0.6) is 5.75 Å². The van der Waals surface area contributed by atoms with Crippen LogP contribution in [0.15, 0.2) is 66.9 Å². The number of piperazine rings is 1. The number of thiazole rings is 1. The molecule has 32 heavy (non-hydrogen) atoms. The van der Waals surface area contributed by atoms with Gasteiger partial charge < -0.3 is 14.5 Å². The number of hydrogen-bond donors (Lipinski definition) is 0. The summed E-state index contributed by atoms with van der Waals surface area (Å²) >= 11 is 1.60. The molecule has 0 aliphatic carbocycles. The second kappa shape index (κ2) is 8.96. The van der Waals surface area contributed by atoms with Crippen LogP contribution >= 0.6 is 11.3 Å². The Kier molecular flexibility index (Phi) is 5.73. The van der Waals surface area contributed by atoms with Gasteiger partial charge in [0.05, 0.1) is 0 Å². The molecular weight excluding hydrogens is 420 g/mol. The molecule has 2 aromatic carbocycles. The van der Waals surface area contributed by atoms with Gasteiger partial charge in [-0.2, -0.15) is 0 Å². The highest BCUT2D eigenvalue weighted by molar-refractivity contribution is 7.21. The van der Waals surface area contributed by atoms with Gasteiger partial charge in [-0.1, -0.05) is 47.2 Å². The number of amides is 1. The van der Waals surface area contributed by atoms with E-state index in [0.29, 0.717) is 31.0 Å². The third-order valence-electron chi connectivity index (χ3n) is 5.56. The van der Waals surface area contributed by atoms with Crippen LogP contribution in [-0.2, 0) is 6.61 Å². The topological polar surface area (TPSA) is 58.6 Å². The van der Waals surface area contributed by atoms with Gasteiger partial charge in [0, 0.05) is 37.9 Å². The van der Waals surface area contributed by atoms with Gasteiger partial charge in [-0.3, -0.25) is 4.79 Å². The number of ether oxygens (including phenoxy) is 1. The van der Waals surface area contributed by atoms with E-state index in [-0.39, 0.29) is 5.91 Å². The number of carbonyl (C=O) groups is 1. The maximum absolute atomic E-state index is 13.1. The highest BCUT2D eigenvalue weighted by atomic mass is 32.1. The van der Waals surface area contributed by atoms with E-state index in [1.54, 1.807) is 17.5 Å². The minimum absolute atomic E-state index is 0.0385. The van der Waals surface area contributed by atoms with E-state index >= 15 is 0 Å². The Hall–Kier alpha value is -3.45. The van der Waals surface area contributed by atoms with E-state index in [1.165, 1.54) is 5.56 Å². The number of aromatic nitrogens is 2. The van der Waals surface area contributed by atoms with Gasteiger partial charge in [-0.15, -0.1) is 0 Å². The Balaban J connectivity index is 1.21. The summed E-state index contributed by atoms with van der Waals surface area (Å²) in [4.78, 5) is 27.2. The van der Waals surface area contributed by atoms with E-state index < -0.39 is 0 Å². The molecular formula is C25H24N4O2S. The van der Waals surface area contributed by atoms with Crippen molar-refractivity contribution in [3.63, 3.8) is 0 Å². The number of nitrogens with zero attached hydrogens (tertiary/aromatic N) is 4. The van der Waals surface area contributed by atoms with E-state index in [4.69, 9.17) is 4.74 Å². The van der Waals surface area contributed by atoms with Crippen LogP contribution in [-0.4, -0.2) is 47.0 Å². The first-order chi connectivity index (χ1) is 15.7. The summed E-state index contributed by atoms with van der Waals surface area (Å²) in [5.41, 5.74) is 3.90. The van der Waals surface area contributed by atoms with Crippen LogP contribution in [0, 0.1) is 6.92 Å². The van der Waals surface area contributed by atoms with Crippen molar-refractivity contribution in [3.8, 4) is 5.75 Å². The molecule has 0 radical (unpaired) electrons. The Labute approximate surface area is 191 Å². The van der Waals surface area contributed by atoms with Crippen molar-refractivity contribution in [3.05, 3.63) is 83.6 Å². The molecule has 162 valence electrons. The summed E-state index contributed by atoms with van der Waals surface area (Å²) in [7, 11) is 0. The molecule has 1 fully saturated rings. The van der Waals surface area contributed by atoms with Gasteiger partial charge in [-0.25, -0.2) is 9.97 Å². The molecule has 0 unspecified atom stereocenters. The second-order valence-corrected chi connectivity index (χ2v) is 8.86. The smallest absolute Gasteiger partial charge is 0.254 e. The summed E-state index contributed by atoms with van der Waals surface area (Å²) < 4.78 is 5.94. The van der Waals surface area contributed by atoms with Crippen LogP contribution in [0.2, 0.25) is 0 Å². The molecule has 0 spiro atoms. The molecule has 4 aromatic rings. The number of carbonyl (C=O) groups excluding carboxylic acids is 1.